The number of aliphatic hydroxyl groups is 1. The van der Waals surface area contributed by atoms with E-state index in [4.69, 9.17) is 5.11 Å². The third-order valence-corrected chi connectivity index (χ3v) is 1.56. The van der Waals surface area contributed by atoms with E-state index in [0.29, 0.717) is 0 Å². The maximum absolute atomic E-state index is 10.7. The lowest BCUT2D eigenvalue weighted by molar-refractivity contribution is -0.129. The first-order valence-electron chi connectivity index (χ1n) is 3.08. The molecular formula is C7H13NO2. The lowest BCUT2D eigenvalue weighted by Gasteiger charge is -2.21. The number of likely N-dealkylation sites (N-methyl/N-ethyl adjacent to an activating group) is 1. The quantitative estimate of drug-likeness (QED) is 0.584. The Labute approximate surface area is 61.0 Å². The van der Waals surface area contributed by atoms with Gasteiger partial charge < -0.3 is 10.0 Å². The number of rotatable bonds is 2. The topological polar surface area (TPSA) is 40.5 Å². The van der Waals surface area contributed by atoms with Crippen LogP contribution in [0.2, 0.25) is 0 Å². The van der Waals surface area contributed by atoms with Crippen molar-refractivity contribution in [2.45, 2.75) is 19.9 Å². The summed E-state index contributed by atoms with van der Waals surface area (Å²) < 4.78 is 0. The molecule has 1 amide bonds. The van der Waals surface area contributed by atoms with Gasteiger partial charge in [-0.2, -0.15) is 0 Å². The van der Waals surface area contributed by atoms with Crippen LogP contribution >= 0.6 is 0 Å². The molecular weight excluding hydrogens is 130 g/mol. The van der Waals surface area contributed by atoms with Gasteiger partial charge >= 0.3 is 0 Å². The summed E-state index contributed by atoms with van der Waals surface area (Å²) in [6.07, 6.45) is 0. The zero-order chi connectivity index (χ0) is 8.31. The van der Waals surface area contributed by atoms with E-state index in [2.05, 4.69) is 6.58 Å². The lowest BCUT2D eigenvalue weighted by Crippen LogP contribution is -2.34. The SMILES string of the molecule is C=C(O)[C@H](C)N(C)C(C)=O. The molecule has 0 bridgehead atoms. The van der Waals surface area contributed by atoms with Crippen LogP contribution in [0.25, 0.3) is 0 Å². The maximum atomic E-state index is 10.7. The van der Waals surface area contributed by atoms with Crippen LogP contribution in [-0.2, 0) is 4.79 Å². The molecule has 0 saturated heterocycles. The Balaban J connectivity index is 4.07. The van der Waals surface area contributed by atoms with Crippen LogP contribution in [0.1, 0.15) is 13.8 Å². The van der Waals surface area contributed by atoms with Crippen molar-refractivity contribution in [3.63, 3.8) is 0 Å². The van der Waals surface area contributed by atoms with E-state index in [0.717, 1.165) is 0 Å². The van der Waals surface area contributed by atoms with Gasteiger partial charge in [0.25, 0.3) is 0 Å². The van der Waals surface area contributed by atoms with Gasteiger partial charge in [0.1, 0.15) is 5.76 Å². The first-order valence-corrected chi connectivity index (χ1v) is 3.08. The zero-order valence-electron chi connectivity index (χ0n) is 6.59. The molecule has 0 fully saturated rings. The minimum Gasteiger partial charge on any atom is -0.511 e. The van der Waals surface area contributed by atoms with E-state index >= 15 is 0 Å². The summed E-state index contributed by atoms with van der Waals surface area (Å²) in [7, 11) is 1.62. The minimum atomic E-state index is -0.294. The number of hydrogen-bond acceptors (Lipinski definition) is 2. The number of aliphatic hydroxyl groups excluding tert-OH is 1. The molecule has 0 aliphatic carbocycles. The third-order valence-electron chi connectivity index (χ3n) is 1.56. The largest absolute Gasteiger partial charge is 0.511 e. The summed E-state index contributed by atoms with van der Waals surface area (Å²) in [6, 6.07) is -0.294. The first kappa shape index (κ1) is 9.01. The molecule has 0 radical (unpaired) electrons. The Morgan fingerprint density at radius 2 is 2.10 bits per heavy atom. The van der Waals surface area contributed by atoms with Crippen LogP contribution < -0.4 is 0 Å². The third kappa shape index (κ3) is 2.09. The molecule has 58 valence electrons. The molecule has 3 heteroatoms. The van der Waals surface area contributed by atoms with Gasteiger partial charge in [0, 0.05) is 14.0 Å². The van der Waals surface area contributed by atoms with Crippen molar-refractivity contribution in [1.82, 2.24) is 4.90 Å². The van der Waals surface area contributed by atoms with Gasteiger partial charge in [-0.1, -0.05) is 6.58 Å². The molecule has 0 aromatic carbocycles. The summed E-state index contributed by atoms with van der Waals surface area (Å²) in [5.41, 5.74) is 0. The van der Waals surface area contributed by atoms with Gasteiger partial charge in [-0.3, -0.25) is 4.79 Å². The second-order valence-corrected chi connectivity index (χ2v) is 2.30. The van der Waals surface area contributed by atoms with E-state index in [1.165, 1.54) is 11.8 Å². The Bertz CT molecular complexity index is 136. The van der Waals surface area contributed by atoms with E-state index in [1.54, 1.807) is 14.0 Å². The molecule has 1 N–H and O–H groups in total. The summed E-state index contributed by atoms with van der Waals surface area (Å²) >= 11 is 0. The average molecular weight is 143 g/mol. The van der Waals surface area contributed by atoms with Crippen molar-refractivity contribution in [2.24, 2.45) is 0 Å². The summed E-state index contributed by atoms with van der Waals surface area (Å²) in [5, 5.41) is 8.85. The van der Waals surface area contributed by atoms with Crippen molar-refractivity contribution >= 4 is 5.91 Å². The molecule has 0 saturated carbocycles. The molecule has 0 aliphatic rings. The van der Waals surface area contributed by atoms with Gasteiger partial charge in [-0.15, -0.1) is 0 Å². The number of amides is 1. The Hall–Kier alpha value is -0.990. The summed E-state index contributed by atoms with van der Waals surface area (Å²) in [4.78, 5) is 12.1. The average Bonchev–Trinajstić information content (AvgIpc) is 1.84. The van der Waals surface area contributed by atoms with Crippen LogP contribution in [0, 0.1) is 0 Å². The monoisotopic (exact) mass is 143 g/mol. The fourth-order valence-corrected chi connectivity index (χ4v) is 0.496. The first-order chi connectivity index (χ1) is 4.46. The highest BCUT2D eigenvalue weighted by atomic mass is 16.3. The molecule has 0 spiro atoms. The van der Waals surface area contributed by atoms with E-state index < -0.39 is 0 Å². The Kier molecular flexibility index (Phi) is 2.93. The molecule has 1 atom stereocenters. The van der Waals surface area contributed by atoms with E-state index in [1.807, 2.05) is 0 Å². The van der Waals surface area contributed by atoms with Crippen LogP contribution in [-0.4, -0.2) is 29.0 Å². The molecule has 3 nitrogen and oxygen atoms in total. The maximum Gasteiger partial charge on any atom is 0.219 e. The van der Waals surface area contributed by atoms with Crippen LogP contribution in [0.15, 0.2) is 12.3 Å². The smallest absolute Gasteiger partial charge is 0.219 e. The molecule has 0 aromatic heterocycles. The predicted molar refractivity (Wildman–Crippen MR) is 39.7 cm³/mol. The zero-order valence-corrected chi connectivity index (χ0v) is 6.59. The van der Waals surface area contributed by atoms with Gasteiger partial charge in [-0.05, 0) is 6.92 Å². The second kappa shape index (κ2) is 3.25. The van der Waals surface area contributed by atoms with Crippen molar-refractivity contribution in [3.8, 4) is 0 Å². The van der Waals surface area contributed by atoms with Crippen LogP contribution in [0.5, 0.6) is 0 Å². The molecule has 0 unspecified atom stereocenters. The van der Waals surface area contributed by atoms with Gasteiger partial charge in [-0.25, -0.2) is 0 Å². The molecule has 0 rings (SSSR count). The fourth-order valence-electron chi connectivity index (χ4n) is 0.496. The van der Waals surface area contributed by atoms with Gasteiger partial charge in [0.15, 0.2) is 0 Å². The number of carbonyl (C=O) groups excluding carboxylic acids is 1. The number of carbonyl (C=O) groups is 1. The highest BCUT2D eigenvalue weighted by Gasteiger charge is 2.13. The van der Waals surface area contributed by atoms with Crippen molar-refractivity contribution in [1.29, 1.82) is 0 Å². The van der Waals surface area contributed by atoms with Crippen LogP contribution in [0.4, 0.5) is 0 Å². The second-order valence-electron chi connectivity index (χ2n) is 2.30. The van der Waals surface area contributed by atoms with Crippen LogP contribution in [0.3, 0.4) is 0 Å². The van der Waals surface area contributed by atoms with Crippen molar-refractivity contribution in [2.75, 3.05) is 7.05 Å². The van der Waals surface area contributed by atoms with Crippen molar-refractivity contribution < 1.29 is 9.90 Å². The van der Waals surface area contributed by atoms with Gasteiger partial charge in [0.05, 0.1) is 6.04 Å². The Morgan fingerprint density at radius 1 is 1.70 bits per heavy atom. The van der Waals surface area contributed by atoms with Gasteiger partial charge in [0.2, 0.25) is 5.91 Å². The highest BCUT2D eigenvalue weighted by molar-refractivity contribution is 5.73. The molecule has 10 heavy (non-hydrogen) atoms. The number of nitrogens with zero attached hydrogens (tertiary/aromatic N) is 1. The standard InChI is InChI=1S/C7H13NO2/c1-5(6(2)9)8(4)7(3)10/h5,9H,2H2,1,3-4H3/t5-/m0/s1. The molecule has 0 aromatic rings. The fraction of sp³-hybridized carbons (Fsp3) is 0.571. The summed E-state index contributed by atoms with van der Waals surface area (Å²) in [6.45, 7) is 6.48. The normalized spacial score (nSPS) is 12.3. The molecule has 0 heterocycles. The lowest BCUT2D eigenvalue weighted by atomic mass is 10.2. The predicted octanol–water partition coefficient (Wildman–Crippen LogP) is 0.925. The number of hydrogen-bond donors (Lipinski definition) is 1. The van der Waals surface area contributed by atoms with Crippen molar-refractivity contribution in [3.05, 3.63) is 12.3 Å². The molecule has 0 aliphatic heterocycles. The van der Waals surface area contributed by atoms with E-state index in [-0.39, 0.29) is 17.7 Å². The highest BCUT2D eigenvalue weighted by Crippen LogP contribution is 2.02. The van der Waals surface area contributed by atoms with E-state index in [9.17, 15) is 4.79 Å². The minimum absolute atomic E-state index is 0.0118. The summed E-state index contributed by atoms with van der Waals surface area (Å²) in [5.74, 6) is -0.0691. The Morgan fingerprint density at radius 3 is 2.20 bits per heavy atom.